The third-order valence-electron chi connectivity index (χ3n) is 6.30. The molecular weight excluding hydrogens is 404 g/mol. The molecule has 3 heterocycles. The van der Waals surface area contributed by atoms with E-state index in [9.17, 15) is 4.79 Å². The number of oxime groups is 1. The second kappa shape index (κ2) is 8.22. The minimum Gasteiger partial charge on any atom is -0.379 e. The quantitative estimate of drug-likeness (QED) is 0.615. The summed E-state index contributed by atoms with van der Waals surface area (Å²) < 4.78 is 5.56. The second-order valence-corrected chi connectivity index (χ2v) is 8.79. The van der Waals surface area contributed by atoms with E-state index in [1.165, 1.54) is 5.56 Å². The van der Waals surface area contributed by atoms with Crippen molar-refractivity contribution in [2.45, 2.75) is 44.6 Å². The molecule has 0 N–H and O–H groups in total. The fourth-order valence-corrected chi connectivity index (χ4v) is 4.32. The smallest absolute Gasteiger partial charge is 0.269 e. The number of aryl methyl sites for hydroxylation is 1. The Morgan fingerprint density at radius 2 is 1.75 bits per heavy atom. The number of carbonyl (C=O) groups excluding carboxylic acids is 1. The highest BCUT2D eigenvalue weighted by atomic mass is 16.7. The van der Waals surface area contributed by atoms with Gasteiger partial charge in [0.25, 0.3) is 5.91 Å². The molecule has 2 aliphatic heterocycles. The molecule has 1 fully saturated rings. The van der Waals surface area contributed by atoms with E-state index < -0.39 is 5.60 Å². The van der Waals surface area contributed by atoms with Crippen molar-refractivity contribution < 1.29 is 14.2 Å². The van der Waals surface area contributed by atoms with Crippen molar-refractivity contribution in [3.8, 4) is 11.4 Å². The van der Waals surface area contributed by atoms with Gasteiger partial charge in [0.05, 0.1) is 5.71 Å². The highest BCUT2D eigenvalue weighted by Crippen LogP contribution is 2.33. The van der Waals surface area contributed by atoms with E-state index in [-0.39, 0.29) is 11.8 Å². The van der Waals surface area contributed by atoms with Gasteiger partial charge in [-0.25, -0.2) is 0 Å². The molecule has 32 heavy (non-hydrogen) atoms. The summed E-state index contributed by atoms with van der Waals surface area (Å²) in [6, 6.07) is 17.9. The average molecular weight is 431 g/mol. The number of hydrogen-bond donors (Lipinski definition) is 0. The largest absolute Gasteiger partial charge is 0.379 e. The van der Waals surface area contributed by atoms with Crippen LogP contribution in [0, 0.1) is 6.92 Å². The number of nitrogens with zero attached hydrogens (tertiary/aromatic N) is 4. The summed E-state index contributed by atoms with van der Waals surface area (Å²) in [7, 11) is 0. The van der Waals surface area contributed by atoms with Crippen molar-refractivity contribution in [2.24, 2.45) is 5.16 Å². The Morgan fingerprint density at radius 1 is 1.03 bits per heavy atom. The first-order chi connectivity index (χ1) is 15.5. The minimum absolute atomic E-state index is 0.0171. The van der Waals surface area contributed by atoms with Gasteiger partial charge in [0.1, 0.15) is 0 Å². The maximum Gasteiger partial charge on any atom is 0.269 e. The Morgan fingerprint density at radius 3 is 2.47 bits per heavy atom. The maximum atomic E-state index is 13.2. The van der Waals surface area contributed by atoms with Gasteiger partial charge in [-0.3, -0.25) is 4.79 Å². The molecule has 0 aliphatic carbocycles. The molecule has 7 heteroatoms. The number of benzene rings is 2. The predicted octanol–water partition coefficient (Wildman–Crippen LogP) is 4.33. The van der Waals surface area contributed by atoms with Crippen LogP contribution in [-0.4, -0.2) is 45.3 Å². The van der Waals surface area contributed by atoms with Crippen molar-refractivity contribution >= 4 is 11.6 Å². The summed E-state index contributed by atoms with van der Waals surface area (Å²) in [6.07, 6.45) is 2.03. The third kappa shape index (κ3) is 3.90. The highest BCUT2D eigenvalue weighted by molar-refractivity contribution is 6.05. The highest BCUT2D eigenvalue weighted by Gasteiger charge is 2.45. The number of rotatable bonds is 4. The lowest BCUT2D eigenvalue weighted by Crippen LogP contribution is -2.49. The van der Waals surface area contributed by atoms with Crippen LogP contribution in [0.3, 0.4) is 0 Å². The minimum atomic E-state index is -0.957. The van der Waals surface area contributed by atoms with E-state index in [1.54, 1.807) is 0 Å². The molecule has 0 spiro atoms. The van der Waals surface area contributed by atoms with Crippen LogP contribution in [0.15, 0.2) is 64.3 Å². The van der Waals surface area contributed by atoms with Crippen LogP contribution in [-0.2, 0) is 9.63 Å². The molecule has 164 valence electrons. The molecule has 1 atom stereocenters. The first kappa shape index (κ1) is 20.4. The molecular formula is C25H26N4O3. The molecule has 0 radical (unpaired) electrons. The van der Waals surface area contributed by atoms with Gasteiger partial charge < -0.3 is 14.3 Å². The van der Waals surface area contributed by atoms with Gasteiger partial charge in [-0.05, 0) is 32.3 Å². The molecule has 0 bridgehead atoms. The lowest BCUT2D eigenvalue weighted by Gasteiger charge is -2.34. The Labute approximate surface area is 187 Å². The molecule has 7 nitrogen and oxygen atoms in total. The molecule has 1 unspecified atom stereocenters. The molecule has 2 aliphatic rings. The van der Waals surface area contributed by atoms with Crippen LogP contribution < -0.4 is 0 Å². The zero-order valence-corrected chi connectivity index (χ0v) is 18.3. The average Bonchev–Trinajstić information content (AvgIpc) is 3.48. The van der Waals surface area contributed by atoms with Gasteiger partial charge in [0.2, 0.25) is 17.3 Å². The van der Waals surface area contributed by atoms with Crippen LogP contribution in [0.25, 0.3) is 11.4 Å². The van der Waals surface area contributed by atoms with Gasteiger partial charge in [0.15, 0.2) is 0 Å². The van der Waals surface area contributed by atoms with E-state index >= 15 is 0 Å². The normalized spacial score (nSPS) is 21.3. The lowest BCUT2D eigenvalue weighted by atomic mass is 9.91. The molecule has 5 rings (SSSR count). The Kier molecular flexibility index (Phi) is 5.25. The van der Waals surface area contributed by atoms with Crippen LogP contribution in [0.5, 0.6) is 0 Å². The molecule has 1 amide bonds. The van der Waals surface area contributed by atoms with Crippen molar-refractivity contribution in [3.05, 3.63) is 71.6 Å². The Balaban J connectivity index is 1.20. The Hall–Kier alpha value is -3.48. The summed E-state index contributed by atoms with van der Waals surface area (Å²) in [4.78, 5) is 25.4. The molecule has 0 saturated carbocycles. The van der Waals surface area contributed by atoms with E-state index in [0.29, 0.717) is 31.2 Å². The first-order valence-electron chi connectivity index (χ1n) is 11.0. The van der Waals surface area contributed by atoms with E-state index in [1.807, 2.05) is 73.3 Å². The van der Waals surface area contributed by atoms with E-state index in [0.717, 1.165) is 29.7 Å². The van der Waals surface area contributed by atoms with E-state index in [2.05, 4.69) is 15.3 Å². The summed E-state index contributed by atoms with van der Waals surface area (Å²) in [5, 5.41) is 8.37. The van der Waals surface area contributed by atoms with Crippen molar-refractivity contribution in [1.29, 1.82) is 0 Å². The van der Waals surface area contributed by atoms with Gasteiger partial charge in [-0.1, -0.05) is 70.5 Å². The summed E-state index contributed by atoms with van der Waals surface area (Å²) in [6.45, 7) is 5.13. The van der Waals surface area contributed by atoms with Crippen LogP contribution in [0.1, 0.15) is 49.1 Å². The van der Waals surface area contributed by atoms with Gasteiger partial charge in [-0.15, -0.1) is 0 Å². The summed E-state index contributed by atoms with van der Waals surface area (Å²) >= 11 is 0. The van der Waals surface area contributed by atoms with Crippen molar-refractivity contribution in [2.75, 3.05) is 13.1 Å². The lowest BCUT2D eigenvalue weighted by molar-refractivity contribution is -0.154. The van der Waals surface area contributed by atoms with Crippen LogP contribution in [0.4, 0.5) is 0 Å². The van der Waals surface area contributed by atoms with Crippen molar-refractivity contribution in [1.82, 2.24) is 15.0 Å². The molecule has 1 saturated heterocycles. The first-order valence-corrected chi connectivity index (χ1v) is 11.0. The van der Waals surface area contributed by atoms with Gasteiger partial charge >= 0.3 is 0 Å². The zero-order valence-electron chi connectivity index (χ0n) is 18.3. The van der Waals surface area contributed by atoms with Gasteiger partial charge in [0, 0.05) is 31.0 Å². The molecule has 1 aromatic heterocycles. The number of likely N-dealkylation sites (tertiary alicyclic amines) is 1. The summed E-state index contributed by atoms with van der Waals surface area (Å²) in [5.41, 5.74) is 2.98. The predicted molar refractivity (Wildman–Crippen MR) is 120 cm³/mol. The fraction of sp³-hybridized carbons (Fsp3) is 0.360. The number of amides is 1. The monoisotopic (exact) mass is 430 g/mol. The standard InChI is InChI=1S/C25H26N4O3/c1-17-8-10-19(11-9-17)22-26-23(31-28-22)20-12-14-29(15-13-20)24(30)25(2)16-21(27-32-25)18-6-4-3-5-7-18/h3-11,20H,12-16H2,1-2H3. The van der Waals surface area contributed by atoms with E-state index in [4.69, 9.17) is 9.36 Å². The number of hydrogen-bond acceptors (Lipinski definition) is 6. The number of piperidine rings is 1. The maximum absolute atomic E-state index is 13.2. The fourth-order valence-electron chi connectivity index (χ4n) is 4.32. The SMILES string of the molecule is Cc1ccc(-c2noc(C3CCN(C(=O)C4(C)CC(c5ccccc5)=NO4)CC3)n2)cc1. The Bertz CT molecular complexity index is 1130. The topological polar surface area (TPSA) is 80.8 Å². The zero-order chi connectivity index (χ0) is 22.1. The number of aromatic nitrogens is 2. The van der Waals surface area contributed by atoms with Crippen LogP contribution in [0.2, 0.25) is 0 Å². The van der Waals surface area contributed by atoms with Crippen LogP contribution >= 0.6 is 0 Å². The summed E-state index contributed by atoms with van der Waals surface area (Å²) in [5.74, 6) is 1.39. The second-order valence-electron chi connectivity index (χ2n) is 8.79. The third-order valence-corrected chi connectivity index (χ3v) is 6.30. The molecule has 3 aromatic rings. The van der Waals surface area contributed by atoms with Crippen molar-refractivity contribution in [3.63, 3.8) is 0 Å². The number of carbonyl (C=O) groups is 1. The molecule has 2 aromatic carbocycles. The van der Waals surface area contributed by atoms with Gasteiger partial charge in [-0.2, -0.15) is 4.98 Å².